The zero-order valence-corrected chi connectivity index (χ0v) is 5.78. The van der Waals surface area contributed by atoms with Crippen LogP contribution in [-0.2, 0) is 0 Å². The molecule has 0 aliphatic heterocycles. The summed E-state index contributed by atoms with van der Waals surface area (Å²) >= 11 is 0. The molecule has 0 spiro atoms. The summed E-state index contributed by atoms with van der Waals surface area (Å²) in [7, 11) is 0. The zero-order chi connectivity index (χ0) is 8.10. The van der Waals surface area contributed by atoms with Crippen molar-refractivity contribution >= 4 is 11.4 Å². The van der Waals surface area contributed by atoms with Gasteiger partial charge in [0.1, 0.15) is 11.6 Å². The van der Waals surface area contributed by atoms with Crippen LogP contribution in [0.1, 0.15) is 5.56 Å². The van der Waals surface area contributed by atoms with E-state index in [9.17, 15) is 0 Å². The summed E-state index contributed by atoms with van der Waals surface area (Å²) in [6.45, 7) is 0. The van der Waals surface area contributed by atoms with E-state index in [4.69, 9.17) is 10.7 Å². The van der Waals surface area contributed by atoms with E-state index in [1.165, 1.54) is 0 Å². The van der Waals surface area contributed by atoms with E-state index in [-0.39, 0.29) is 5.57 Å². The van der Waals surface area contributed by atoms with Gasteiger partial charge in [0.2, 0.25) is 0 Å². The molecule has 0 aliphatic rings. The first kappa shape index (κ1) is 7.27. The number of allylic oxidation sites excluding steroid dienone is 1. The van der Waals surface area contributed by atoms with Crippen LogP contribution in [0.3, 0.4) is 0 Å². The fourth-order valence-electron chi connectivity index (χ4n) is 0.759. The number of hydrogen-bond donors (Lipinski definition) is 0. The molecule has 0 aromatic heterocycles. The molecule has 1 aromatic carbocycles. The molecule has 0 bridgehead atoms. The van der Waals surface area contributed by atoms with Crippen LogP contribution in [0.25, 0.3) is 5.57 Å². The third kappa shape index (κ3) is 1.54. The fraction of sp³-hybridized carbons (Fsp3) is 0. The van der Waals surface area contributed by atoms with Gasteiger partial charge in [0.15, 0.2) is 0 Å². The fourth-order valence-corrected chi connectivity index (χ4v) is 0.759. The van der Waals surface area contributed by atoms with Crippen molar-refractivity contribution in [1.82, 2.24) is 5.41 Å². The maximum Gasteiger partial charge on any atom is 0.122 e. The van der Waals surface area contributed by atoms with Crippen molar-refractivity contribution in [3.63, 3.8) is 0 Å². The first-order valence-electron chi connectivity index (χ1n) is 3.11. The Kier molecular flexibility index (Phi) is 2.22. The van der Waals surface area contributed by atoms with Crippen molar-refractivity contribution in [2.24, 2.45) is 0 Å². The van der Waals surface area contributed by atoms with E-state index >= 15 is 0 Å². The predicted molar refractivity (Wildman–Crippen MR) is 42.6 cm³/mol. The van der Waals surface area contributed by atoms with Crippen LogP contribution in [-0.4, -0.2) is 5.87 Å². The highest BCUT2D eigenvalue weighted by Gasteiger charge is 1.96. The quantitative estimate of drug-likeness (QED) is 0.426. The van der Waals surface area contributed by atoms with Crippen LogP contribution in [0.4, 0.5) is 0 Å². The second kappa shape index (κ2) is 3.36. The van der Waals surface area contributed by atoms with Crippen LogP contribution in [0.2, 0.25) is 0 Å². The van der Waals surface area contributed by atoms with E-state index in [0.29, 0.717) is 5.56 Å². The highest BCUT2D eigenvalue weighted by atomic mass is 14.3. The lowest BCUT2D eigenvalue weighted by atomic mass is 10.1. The molecule has 0 amide bonds. The van der Waals surface area contributed by atoms with Crippen molar-refractivity contribution in [2.75, 3.05) is 0 Å². The largest absolute Gasteiger partial charge is 0.192 e. The maximum atomic E-state index is 8.47. The first-order chi connectivity index (χ1) is 5.38. The summed E-state index contributed by atoms with van der Waals surface area (Å²) in [6.07, 6.45) is 0. The third-order valence-electron chi connectivity index (χ3n) is 1.29. The third-order valence-corrected chi connectivity index (χ3v) is 1.29. The number of rotatable bonds is 1. The molecule has 0 saturated heterocycles. The number of nitriles is 1. The SMILES string of the molecule is [N]=C=C(C#N)c1ccccc1. The van der Waals surface area contributed by atoms with Crippen LogP contribution in [0, 0.1) is 11.3 Å². The van der Waals surface area contributed by atoms with Crippen molar-refractivity contribution in [3.05, 3.63) is 35.9 Å². The second-order valence-electron chi connectivity index (χ2n) is 1.96. The molecule has 1 rings (SSSR count). The summed E-state index contributed by atoms with van der Waals surface area (Å²) in [4.78, 5) is 0. The topological polar surface area (TPSA) is 46.1 Å². The molecule has 0 unspecified atom stereocenters. The molecule has 0 heterocycles. The monoisotopic (exact) mass is 141 g/mol. The molecule has 0 N–H and O–H groups in total. The first-order valence-corrected chi connectivity index (χ1v) is 3.11. The summed E-state index contributed by atoms with van der Waals surface area (Å²) < 4.78 is 0. The number of nitrogens with zero attached hydrogens (tertiary/aromatic N) is 2. The molecule has 0 atom stereocenters. The molecule has 1 aromatic rings. The van der Waals surface area contributed by atoms with Crippen LogP contribution in [0.5, 0.6) is 0 Å². The van der Waals surface area contributed by atoms with Crippen molar-refractivity contribution in [3.8, 4) is 6.07 Å². The molecule has 0 saturated carbocycles. The van der Waals surface area contributed by atoms with Gasteiger partial charge in [-0.3, -0.25) is 0 Å². The molecule has 2 nitrogen and oxygen atoms in total. The van der Waals surface area contributed by atoms with Gasteiger partial charge in [-0.15, -0.1) is 0 Å². The summed E-state index contributed by atoms with van der Waals surface area (Å²) in [5, 5.41) is 16.9. The smallest absolute Gasteiger partial charge is 0.122 e. The molecule has 0 aliphatic carbocycles. The molecular formula is C9H5N2. The lowest BCUT2D eigenvalue weighted by Crippen LogP contribution is -1.79. The van der Waals surface area contributed by atoms with Gasteiger partial charge in [-0.1, -0.05) is 35.7 Å². The minimum absolute atomic E-state index is 0.158. The second-order valence-corrected chi connectivity index (χ2v) is 1.96. The Balaban J connectivity index is 3.15. The summed E-state index contributed by atoms with van der Waals surface area (Å²) in [5.41, 5.74) is 0.836. The molecule has 0 fully saturated rings. The number of benzene rings is 1. The van der Waals surface area contributed by atoms with Crippen molar-refractivity contribution in [1.29, 1.82) is 5.26 Å². The lowest BCUT2D eigenvalue weighted by molar-refractivity contribution is 1.53. The molecule has 11 heavy (non-hydrogen) atoms. The van der Waals surface area contributed by atoms with Gasteiger partial charge in [-0.05, 0) is 0 Å². The highest BCUT2D eigenvalue weighted by molar-refractivity contribution is 5.96. The Morgan fingerprint density at radius 2 is 1.82 bits per heavy atom. The molecule has 2 heteroatoms. The Morgan fingerprint density at radius 3 is 2.27 bits per heavy atom. The summed E-state index contributed by atoms with van der Waals surface area (Å²) in [5.74, 6) is 1.82. The van der Waals surface area contributed by atoms with E-state index in [0.717, 1.165) is 0 Å². The molecular weight excluding hydrogens is 136 g/mol. The van der Waals surface area contributed by atoms with E-state index in [1.54, 1.807) is 24.3 Å². The van der Waals surface area contributed by atoms with E-state index in [2.05, 4.69) is 0 Å². The molecule has 51 valence electrons. The van der Waals surface area contributed by atoms with Gasteiger partial charge in [-0.2, -0.15) is 5.26 Å². The average molecular weight is 141 g/mol. The predicted octanol–water partition coefficient (Wildman–Crippen LogP) is 1.06. The standard InChI is InChI=1S/C9H5N2/c10-6-9(7-11)8-4-2-1-3-5-8/h1-5H. The van der Waals surface area contributed by atoms with E-state index in [1.807, 2.05) is 18.0 Å². The lowest BCUT2D eigenvalue weighted by Gasteiger charge is -1.90. The molecule has 1 radical (unpaired) electrons. The Morgan fingerprint density at radius 1 is 1.18 bits per heavy atom. The maximum absolute atomic E-state index is 8.47. The van der Waals surface area contributed by atoms with Crippen molar-refractivity contribution < 1.29 is 0 Å². The van der Waals surface area contributed by atoms with Gasteiger partial charge >= 0.3 is 0 Å². The summed E-state index contributed by atoms with van der Waals surface area (Å²) in [6, 6.07) is 10.7. The number of hydrogen-bond acceptors (Lipinski definition) is 1. The highest BCUT2D eigenvalue weighted by Crippen LogP contribution is 2.07. The van der Waals surface area contributed by atoms with Gasteiger partial charge in [0, 0.05) is 11.4 Å². The van der Waals surface area contributed by atoms with Crippen LogP contribution >= 0.6 is 0 Å². The van der Waals surface area contributed by atoms with E-state index < -0.39 is 0 Å². The van der Waals surface area contributed by atoms with Crippen molar-refractivity contribution in [2.45, 2.75) is 0 Å². The zero-order valence-electron chi connectivity index (χ0n) is 5.78. The Bertz CT molecular complexity index is 326. The van der Waals surface area contributed by atoms with Gasteiger partial charge in [0.05, 0.1) is 0 Å². The van der Waals surface area contributed by atoms with Gasteiger partial charge < -0.3 is 0 Å². The van der Waals surface area contributed by atoms with Crippen LogP contribution in [0.15, 0.2) is 30.3 Å². The Hall–Kier alpha value is -1.84. The normalized spacial score (nSPS) is 7.91. The van der Waals surface area contributed by atoms with Gasteiger partial charge in [0.25, 0.3) is 0 Å². The Labute approximate surface area is 64.9 Å². The minimum atomic E-state index is 0.158. The van der Waals surface area contributed by atoms with Crippen LogP contribution < -0.4 is 5.41 Å². The van der Waals surface area contributed by atoms with Gasteiger partial charge in [-0.25, -0.2) is 0 Å². The minimum Gasteiger partial charge on any atom is -0.192 e. The average Bonchev–Trinajstić information content (AvgIpc) is 2.09.